The van der Waals surface area contributed by atoms with E-state index in [4.69, 9.17) is 18.5 Å². The number of rotatable bonds is 29. The van der Waals surface area contributed by atoms with E-state index in [1.807, 2.05) is 0 Å². The summed E-state index contributed by atoms with van der Waals surface area (Å²) in [5, 5.41) is 49.8. The Labute approximate surface area is 287 Å². The number of esters is 2. The lowest BCUT2D eigenvalue weighted by Gasteiger charge is -2.41. The molecule has 0 aliphatic heterocycles. The Bertz CT molecular complexity index is 875. The summed E-state index contributed by atoms with van der Waals surface area (Å²) in [5.74, 6) is -1.10. The summed E-state index contributed by atoms with van der Waals surface area (Å²) in [7, 11) is -5.09. The van der Waals surface area contributed by atoms with Crippen LogP contribution in [0.2, 0.25) is 0 Å². The summed E-state index contributed by atoms with van der Waals surface area (Å²) in [5.41, 5.74) is 0. The van der Waals surface area contributed by atoms with Crippen molar-refractivity contribution < 1.29 is 63.1 Å². The minimum absolute atomic E-state index is 0.103. The van der Waals surface area contributed by atoms with Gasteiger partial charge in [0, 0.05) is 12.8 Å². The van der Waals surface area contributed by atoms with Crippen LogP contribution in [0.4, 0.5) is 0 Å². The van der Waals surface area contributed by atoms with Crippen molar-refractivity contribution in [3.63, 3.8) is 0 Å². The monoisotopic (exact) mass is 712 g/mol. The van der Waals surface area contributed by atoms with Gasteiger partial charge in [0.1, 0.15) is 43.2 Å². The van der Waals surface area contributed by atoms with Gasteiger partial charge in [-0.15, -0.1) is 0 Å². The number of phosphoric ester groups is 1. The van der Waals surface area contributed by atoms with Crippen LogP contribution in [0.25, 0.3) is 0 Å². The molecule has 0 aromatic carbocycles. The number of aliphatic hydroxyl groups is 5. The van der Waals surface area contributed by atoms with Gasteiger partial charge in [-0.25, -0.2) is 4.57 Å². The number of hydrogen-bond acceptors (Lipinski definition) is 12. The van der Waals surface area contributed by atoms with Crippen LogP contribution in [0.5, 0.6) is 0 Å². The lowest BCUT2D eigenvalue weighted by atomic mass is 9.85. The molecule has 0 heterocycles. The van der Waals surface area contributed by atoms with Crippen LogP contribution in [0.15, 0.2) is 0 Å². The third-order valence-corrected chi connectivity index (χ3v) is 9.68. The summed E-state index contributed by atoms with van der Waals surface area (Å²) in [6.45, 7) is 3.21. The molecular formula is C34H65O13P. The molecule has 1 fully saturated rings. The molecule has 0 amide bonds. The van der Waals surface area contributed by atoms with Crippen molar-refractivity contribution >= 4 is 19.8 Å². The maximum atomic E-state index is 12.7. The first-order chi connectivity index (χ1) is 22.9. The molecule has 0 aromatic rings. The lowest BCUT2D eigenvalue weighted by Crippen LogP contribution is -2.64. The second-order valence-electron chi connectivity index (χ2n) is 13.1. The molecule has 8 atom stereocenters. The van der Waals surface area contributed by atoms with E-state index in [0.29, 0.717) is 12.8 Å². The maximum absolute atomic E-state index is 12.7. The molecule has 0 bridgehead atoms. The minimum Gasteiger partial charge on any atom is -0.462 e. The molecule has 1 aliphatic rings. The van der Waals surface area contributed by atoms with Crippen molar-refractivity contribution in [2.24, 2.45) is 0 Å². The number of hydrogen-bond donors (Lipinski definition) is 6. The Morgan fingerprint density at radius 1 is 0.562 bits per heavy atom. The zero-order chi connectivity index (χ0) is 35.8. The molecular weight excluding hydrogens is 647 g/mol. The van der Waals surface area contributed by atoms with Crippen LogP contribution >= 0.6 is 7.82 Å². The molecule has 1 rings (SSSR count). The van der Waals surface area contributed by atoms with Crippen molar-refractivity contribution in [3.05, 3.63) is 0 Å². The largest absolute Gasteiger partial charge is 0.472 e. The van der Waals surface area contributed by atoms with Crippen LogP contribution in [0.3, 0.4) is 0 Å². The third kappa shape index (κ3) is 19.9. The normalized spacial score (nSPS) is 24.6. The number of aliphatic hydroxyl groups excluding tert-OH is 5. The molecule has 6 unspecified atom stereocenters. The van der Waals surface area contributed by atoms with E-state index in [1.54, 1.807) is 0 Å². The zero-order valence-electron chi connectivity index (χ0n) is 29.3. The van der Waals surface area contributed by atoms with Gasteiger partial charge in [0.2, 0.25) is 0 Å². The Morgan fingerprint density at radius 2 is 0.938 bits per heavy atom. The zero-order valence-corrected chi connectivity index (χ0v) is 30.2. The predicted molar refractivity (Wildman–Crippen MR) is 180 cm³/mol. The van der Waals surface area contributed by atoms with Crippen LogP contribution < -0.4 is 0 Å². The fraction of sp³-hybridized carbons (Fsp3) is 0.941. The van der Waals surface area contributed by atoms with Gasteiger partial charge in [-0.1, -0.05) is 123 Å². The van der Waals surface area contributed by atoms with E-state index in [2.05, 4.69) is 13.8 Å². The maximum Gasteiger partial charge on any atom is 0.472 e. The van der Waals surface area contributed by atoms with E-state index in [-0.39, 0.29) is 12.8 Å². The molecule has 0 aromatic heterocycles. The fourth-order valence-electron chi connectivity index (χ4n) is 5.64. The number of unbranched alkanes of at least 4 members (excludes halogenated alkanes) is 17. The van der Waals surface area contributed by atoms with Crippen molar-refractivity contribution in [2.45, 2.75) is 191 Å². The highest BCUT2D eigenvalue weighted by Crippen LogP contribution is 2.47. The average molecular weight is 713 g/mol. The van der Waals surface area contributed by atoms with Gasteiger partial charge in [0.05, 0.1) is 6.61 Å². The van der Waals surface area contributed by atoms with Gasteiger partial charge in [-0.05, 0) is 12.8 Å². The van der Waals surface area contributed by atoms with E-state index in [1.165, 1.54) is 64.2 Å². The molecule has 6 N–H and O–H groups in total. The van der Waals surface area contributed by atoms with Gasteiger partial charge in [-0.3, -0.25) is 18.6 Å². The first-order valence-electron chi connectivity index (χ1n) is 18.3. The Kier molecular flexibility index (Phi) is 24.9. The number of phosphoric acid groups is 1. The van der Waals surface area contributed by atoms with E-state index in [0.717, 1.165) is 44.9 Å². The number of carbonyl (C=O) groups is 2. The van der Waals surface area contributed by atoms with Gasteiger partial charge in [0.25, 0.3) is 0 Å². The molecule has 0 spiro atoms. The van der Waals surface area contributed by atoms with Gasteiger partial charge < -0.3 is 39.9 Å². The summed E-state index contributed by atoms with van der Waals surface area (Å²) >= 11 is 0. The first-order valence-corrected chi connectivity index (χ1v) is 19.8. The molecule has 284 valence electrons. The molecule has 0 saturated heterocycles. The fourth-order valence-corrected chi connectivity index (χ4v) is 6.61. The highest BCUT2D eigenvalue weighted by atomic mass is 31.2. The van der Waals surface area contributed by atoms with Crippen LogP contribution in [0, 0.1) is 0 Å². The number of ether oxygens (including phenoxy) is 2. The van der Waals surface area contributed by atoms with Crippen molar-refractivity contribution in [1.82, 2.24) is 0 Å². The average Bonchev–Trinajstić information content (AvgIpc) is 3.06. The second kappa shape index (κ2) is 26.6. The summed E-state index contributed by atoms with van der Waals surface area (Å²) in [4.78, 5) is 35.2. The molecule has 48 heavy (non-hydrogen) atoms. The van der Waals surface area contributed by atoms with Gasteiger partial charge >= 0.3 is 19.8 Å². The van der Waals surface area contributed by atoms with Gasteiger partial charge in [-0.2, -0.15) is 0 Å². The first kappa shape index (κ1) is 44.9. The SMILES string of the molecule is CCCCCCCCCCCCCC(=O)O[C@H](COC(=O)CCCCCCCCCC)COP(=O)(O)OC1C(O)C(O)C(O)[C@@H](O)C1O. The van der Waals surface area contributed by atoms with Crippen molar-refractivity contribution in [3.8, 4) is 0 Å². The van der Waals surface area contributed by atoms with E-state index >= 15 is 0 Å². The molecule has 13 nitrogen and oxygen atoms in total. The summed E-state index contributed by atoms with van der Waals surface area (Å²) < 4.78 is 33.2. The van der Waals surface area contributed by atoms with Crippen molar-refractivity contribution in [2.75, 3.05) is 13.2 Å². The predicted octanol–water partition coefficient (Wildman–Crippen LogP) is 4.99. The minimum atomic E-state index is -5.09. The topological polar surface area (TPSA) is 210 Å². The highest BCUT2D eigenvalue weighted by Gasteiger charge is 2.51. The number of carbonyl (C=O) groups excluding carboxylic acids is 2. The lowest BCUT2D eigenvalue weighted by molar-refractivity contribution is -0.220. The standard InChI is InChI=1S/C34H65O13P/c1-3-5-7-9-11-13-14-15-17-19-21-23-28(36)46-26(24-44-27(35)22-20-18-16-12-10-8-6-4-2)25-45-48(42,43)47-34-32(40)30(38)29(37)31(39)33(34)41/h26,29-34,37-41H,3-25H2,1-2H3,(H,42,43)/t26-,29?,30-,31?,32?,33?,34?/m1/s1. The van der Waals surface area contributed by atoms with Gasteiger partial charge in [0.15, 0.2) is 6.10 Å². The molecule has 14 heteroatoms. The summed E-state index contributed by atoms with van der Waals surface area (Å²) in [6.07, 6.45) is 7.80. The highest BCUT2D eigenvalue weighted by molar-refractivity contribution is 7.47. The molecule has 0 radical (unpaired) electrons. The quantitative estimate of drug-likeness (QED) is 0.0343. The second-order valence-corrected chi connectivity index (χ2v) is 14.5. The Hall–Kier alpha value is -1.15. The molecule has 1 aliphatic carbocycles. The Balaban J connectivity index is 2.57. The van der Waals surface area contributed by atoms with Crippen LogP contribution in [-0.2, 0) is 32.7 Å². The Morgan fingerprint density at radius 3 is 1.38 bits per heavy atom. The smallest absolute Gasteiger partial charge is 0.462 e. The van der Waals surface area contributed by atoms with Crippen LogP contribution in [0.1, 0.15) is 149 Å². The van der Waals surface area contributed by atoms with E-state index in [9.17, 15) is 44.6 Å². The van der Waals surface area contributed by atoms with E-state index < -0.39 is 75.7 Å². The summed E-state index contributed by atoms with van der Waals surface area (Å²) in [6, 6.07) is 0. The third-order valence-electron chi connectivity index (χ3n) is 8.70. The van der Waals surface area contributed by atoms with Crippen molar-refractivity contribution in [1.29, 1.82) is 0 Å². The van der Waals surface area contributed by atoms with Crippen LogP contribution in [-0.4, -0.2) is 98.3 Å². The molecule has 1 saturated carbocycles.